The summed E-state index contributed by atoms with van der Waals surface area (Å²) in [6.45, 7) is 8.58. The van der Waals surface area contributed by atoms with Crippen LogP contribution in [0.1, 0.15) is 38.1 Å². The minimum Gasteiger partial charge on any atom is -0.465 e. The Labute approximate surface area is 130 Å². The zero-order valence-electron chi connectivity index (χ0n) is 13.4. The average molecular weight is 306 g/mol. The third-order valence-electron chi connectivity index (χ3n) is 3.42. The predicted octanol–water partition coefficient (Wildman–Crippen LogP) is 2.58. The first-order valence-corrected chi connectivity index (χ1v) is 7.42. The van der Waals surface area contributed by atoms with Gasteiger partial charge in [0, 0.05) is 5.56 Å². The molecule has 0 fully saturated rings. The maximum Gasteiger partial charge on any atom is 0.291 e. The molecule has 0 unspecified atom stereocenters. The van der Waals surface area contributed by atoms with Crippen LogP contribution in [0.3, 0.4) is 0 Å². The molecule has 0 bridgehead atoms. The summed E-state index contributed by atoms with van der Waals surface area (Å²) in [6, 6.07) is 5.33. The quantitative estimate of drug-likeness (QED) is 0.685. The molecule has 1 atom stereocenters. The number of nitrogens with zero attached hydrogens (tertiary/aromatic N) is 1. The van der Waals surface area contributed by atoms with E-state index < -0.39 is 0 Å². The van der Waals surface area contributed by atoms with Crippen molar-refractivity contribution in [3.63, 3.8) is 0 Å². The maximum atomic E-state index is 12.3. The summed E-state index contributed by atoms with van der Waals surface area (Å²) in [5, 5.41) is 2.70. The number of nitrogens with one attached hydrogen (secondary N) is 1. The molecule has 1 N–H and O–H groups in total. The lowest BCUT2D eigenvalue weighted by atomic mass is 10.1. The summed E-state index contributed by atoms with van der Waals surface area (Å²) >= 11 is 0. The Morgan fingerprint density at radius 1 is 1.32 bits per heavy atom. The summed E-state index contributed by atoms with van der Waals surface area (Å²) in [6.07, 6.45) is 0. The smallest absolute Gasteiger partial charge is 0.291 e. The van der Waals surface area contributed by atoms with Crippen LogP contribution in [0.2, 0.25) is 0 Å². The second-order valence-corrected chi connectivity index (χ2v) is 5.37. The minimum atomic E-state index is -0.290. The van der Waals surface area contributed by atoms with Gasteiger partial charge in [-0.3, -0.25) is 10.1 Å². The third kappa shape index (κ3) is 3.90. The molecule has 0 radical (unpaired) electrons. The summed E-state index contributed by atoms with van der Waals surface area (Å²) in [5.74, 6) is 1.28. The molecule has 1 aliphatic heterocycles. The molecule has 1 heterocycles. The van der Waals surface area contributed by atoms with Gasteiger partial charge in [0.1, 0.15) is 0 Å². The van der Waals surface area contributed by atoms with E-state index in [9.17, 15) is 4.79 Å². The molecule has 0 saturated heterocycles. The highest BCUT2D eigenvalue weighted by molar-refractivity contribution is 6.04. The van der Waals surface area contributed by atoms with Crippen molar-refractivity contribution >= 4 is 11.9 Å². The monoisotopic (exact) mass is 306 g/mol. The van der Waals surface area contributed by atoms with Gasteiger partial charge in [0.05, 0.1) is 12.6 Å². The Balaban J connectivity index is 2.11. The van der Waals surface area contributed by atoms with Gasteiger partial charge in [0.2, 0.25) is 6.79 Å². The number of hydrogen-bond acceptors (Lipinski definition) is 5. The number of rotatable bonds is 4. The molecule has 1 amide bonds. The summed E-state index contributed by atoms with van der Waals surface area (Å²) in [5.41, 5.74) is 0.467. The summed E-state index contributed by atoms with van der Waals surface area (Å²) in [7, 11) is 0. The van der Waals surface area contributed by atoms with Crippen LogP contribution in [0.4, 0.5) is 0 Å². The van der Waals surface area contributed by atoms with Crippen LogP contribution in [0.15, 0.2) is 23.2 Å². The summed E-state index contributed by atoms with van der Waals surface area (Å²) in [4.78, 5) is 16.7. The molecule has 0 aliphatic carbocycles. The fraction of sp³-hybridized carbons (Fsp3) is 0.500. The van der Waals surface area contributed by atoms with Crippen molar-refractivity contribution in [2.45, 2.75) is 33.7 Å². The zero-order valence-corrected chi connectivity index (χ0v) is 13.4. The average Bonchev–Trinajstić information content (AvgIpc) is 2.94. The Kier molecular flexibility index (Phi) is 5.25. The fourth-order valence-electron chi connectivity index (χ4n) is 1.78. The number of hydrogen-bond donors (Lipinski definition) is 1. The normalized spacial score (nSPS) is 14.9. The van der Waals surface area contributed by atoms with Crippen LogP contribution in [0.25, 0.3) is 0 Å². The van der Waals surface area contributed by atoms with Crippen molar-refractivity contribution in [1.29, 1.82) is 0 Å². The van der Waals surface area contributed by atoms with Gasteiger partial charge in [-0.15, -0.1) is 0 Å². The molecule has 1 aliphatic rings. The van der Waals surface area contributed by atoms with Crippen LogP contribution >= 0.6 is 0 Å². The van der Waals surface area contributed by atoms with E-state index in [0.717, 1.165) is 0 Å². The molecule has 6 heteroatoms. The third-order valence-corrected chi connectivity index (χ3v) is 3.42. The molecule has 120 valence electrons. The Morgan fingerprint density at radius 2 is 2.05 bits per heavy atom. The van der Waals surface area contributed by atoms with Crippen molar-refractivity contribution < 1.29 is 19.0 Å². The van der Waals surface area contributed by atoms with E-state index in [1.807, 2.05) is 13.8 Å². The van der Waals surface area contributed by atoms with E-state index in [1.165, 1.54) is 0 Å². The number of carbonyl (C=O) groups excluding carboxylic acids is 1. The highest BCUT2D eigenvalue weighted by atomic mass is 16.7. The van der Waals surface area contributed by atoms with Crippen LogP contribution in [0.5, 0.6) is 11.5 Å². The van der Waals surface area contributed by atoms with Crippen molar-refractivity contribution in [1.82, 2.24) is 5.32 Å². The van der Waals surface area contributed by atoms with E-state index in [1.54, 1.807) is 18.2 Å². The van der Waals surface area contributed by atoms with Crippen molar-refractivity contribution in [3.05, 3.63) is 23.8 Å². The van der Waals surface area contributed by atoms with Crippen LogP contribution in [-0.4, -0.2) is 31.4 Å². The molecule has 1 aromatic carbocycles. The van der Waals surface area contributed by atoms with Gasteiger partial charge in [0.25, 0.3) is 11.9 Å². The summed E-state index contributed by atoms with van der Waals surface area (Å²) < 4.78 is 15.9. The number of amidine groups is 1. The van der Waals surface area contributed by atoms with Crippen LogP contribution < -0.4 is 14.8 Å². The van der Waals surface area contributed by atoms with Crippen molar-refractivity contribution in [3.8, 4) is 11.5 Å². The zero-order chi connectivity index (χ0) is 16.1. The molecule has 1 aromatic rings. The highest BCUT2D eigenvalue weighted by Gasteiger charge is 2.18. The van der Waals surface area contributed by atoms with Crippen LogP contribution in [0, 0.1) is 5.92 Å². The molecular formula is C16H22N2O4. The number of benzene rings is 1. The SMILES string of the molecule is CCOC(=N[C@H](C)C(C)C)NC(=O)c1ccc2c(c1)OCO2. The number of aliphatic imine (C=N–C) groups is 1. The molecule has 6 nitrogen and oxygen atoms in total. The van der Waals surface area contributed by atoms with Gasteiger partial charge >= 0.3 is 0 Å². The van der Waals surface area contributed by atoms with Gasteiger partial charge in [-0.2, -0.15) is 0 Å². The minimum absolute atomic E-state index is 0.0543. The van der Waals surface area contributed by atoms with Crippen molar-refractivity contribution in [2.24, 2.45) is 10.9 Å². The molecule has 0 spiro atoms. The van der Waals surface area contributed by atoms with Crippen molar-refractivity contribution in [2.75, 3.05) is 13.4 Å². The van der Waals surface area contributed by atoms with Gasteiger partial charge in [-0.05, 0) is 38.0 Å². The van der Waals surface area contributed by atoms with Gasteiger partial charge in [-0.25, -0.2) is 4.99 Å². The topological polar surface area (TPSA) is 69.2 Å². The Bertz CT molecular complexity index is 569. The molecule has 0 aromatic heterocycles. The standard InChI is InChI=1S/C16H22N2O4/c1-5-20-16(17-11(4)10(2)3)18-15(19)12-6-7-13-14(8-12)22-9-21-13/h6-8,10-11H,5,9H2,1-4H3,(H,17,18,19)/t11-/m1/s1. The van der Waals surface area contributed by atoms with E-state index >= 15 is 0 Å². The largest absolute Gasteiger partial charge is 0.465 e. The highest BCUT2D eigenvalue weighted by Crippen LogP contribution is 2.32. The molecular weight excluding hydrogens is 284 g/mol. The molecule has 0 saturated carbocycles. The van der Waals surface area contributed by atoms with E-state index in [4.69, 9.17) is 14.2 Å². The first kappa shape index (κ1) is 16.1. The van der Waals surface area contributed by atoms with Gasteiger partial charge in [-0.1, -0.05) is 13.8 Å². The maximum absolute atomic E-state index is 12.3. The number of amides is 1. The number of ether oxygens (including phenoxy) is 3. The molecule has 22 heavy (non-hydrogen) atoms. The second-order valence-electron chi connectivity index (χ2n) is 5.37. The van der Waals surface area contributed by atoms with Gasteiger partial charge < -0.3 is 14.2 Å². The lowest BCUT2D eigenvalue weighted by molar-refractivity contribution is 0.0965. The second kappa shape index (κ2) is 7.15. The fourth-order valence-corrected chi connectivity index (χ4v) is 1.78. The van der Waals surface area contributed by atoms with Gasteiger partial charge in [0.15, 0.2) is 11.5 Å². The Hall–Kier alpha value is -2.24. The van der Waals surface area contributed by atoms with E-state index in [2.05, 4.69) is 24.2 Å². The first-order valence-electron chi connectivity index (χ1n) is 7.42. The first-order chi connectivity index (χ1) is 10.5. The number of fused-ring (bicyclic) bond motifs is 1. The molecule has 2 rings (SSSR count). The Morgan fingerprint density at radius 3 is 2.73 bits per heavy atom. The van der Waals surface area contributed by atoms with E-state index in [0.29, 0.717) is 29.6 Å². The van der Waals surface area contributed by atoms with Crippen LogP contribution in [-0.2, 0) is 4.74 Å². The van der Waals surface area contributed by atoms with E-state index in [-0.39, 0.29) is 24.8 Å². The predicted molar refractivity (Wildman–Crippen MR) is 83.4 cm³/mol. The lowest BCUT2D eigenvalue weighted by Gasteiger charge is -2.14. The number of carbonyl (C=O) groups is 1. The lowest BCUT2D eigenvalue weighted by Crippen LogP contribution is -2.34.